The Morgan fingerprint density at radius 3 is 2.37 bits per heavy atom. The number of nitrogens with one attached hydrogen (secondary N) is 2. The normalized spacial score (nSPS) is 15.3. The van der Waals surface area contributed by atoms with Gasteiger partial charge in [-0.25, -0.2) is 13.5 Å². The molecule has 9 heteroatoms. The number of hydrogen-bond acceptors (Lipinski definition) is 4. The van der Waals surface area contributed by atoms with Crippen LogP contribution in [0.5, 0.6) is 0 Å². The standard InChI is InChI=1S/C18H20F2N4O3/c1-8(2)24-16-14(17(27)22-18(3,4)21-16)15(23-24)9-5-11(19)10(7-13(25)26)12(20)6-9/h5-6,8,21H,7H2,1-4H3,(H,22,27)(H,25,26). The van der Waals surface area contributed by atoms with E-state index in [0.29, 0.717) is 5.82 Å². The first kappa shape index (κ1) is 18.8. The van der Waals surface area contributed by atoms with E-state index in [2.05, 4.69) is 15.7 Å². The first-order chi connectivity index (χ1) is 12.5. The zero-order valence-corrected chi connectivity index (χ0v) is 15.4. The van der Waals surface area contributed by atoms with Crippen LogP contribution in [0.1, 0.15) is 49.7 Å². The smallest absolute Gasteiger partial charge is 0.308 e. The number of carboxylic acids is 1. The molecule has 1 aliphatic heterocycles. The second-order valence-electron chi connectivity index (χ2n) is 7.30. The predicted molar refractivity (Wildman–Crippen MR) is 94.5 cm³/mol. The summed E-state index contributed by atoms with van der Waals surface area (Å²) in [6, 6.07) is 1.89. The van der Waals surface area contributed by atoms with E-state index in [1.165, 1.54) is 0 Å². The summed E-state index contributed by atoms with van der Waals surface area (Å²) >= 11 is 0. The van der Waals surface area contributed by atoms with Gasteiger partial charge in [-0.05, 0) is 39.8 Å². The third-order valence-electron chi connectivity index (χ3n) is 4.23. The average molecular weight is 378 g/mol. The summed E-state index contributed by atoms with van der Waals surface area (Å²) in [7, 11) is 0. The highest BCUT2D eigenvalue weighted by Gasteiger charge is 2.36. The van der Waals surface area contributed by atoms with Crippen LogP contribution in [0.15, 0.2) is 12.1 Å². The number of carboxylic acid groups (broad SMARTS) is 1. The van der Waals surface area contributed by atoms with Crippen LogP contribution in [-0.2, 0) is 11.2 Å². The molecule has 3 N–H and O–H groups in total. The number of amides is 1. The Bertz CT molecular complexity index is 927. The molecule has 0 radical (unpaired) electrons. The summed E-state index contributed by atoms with van der Waals surface area (Å²) in [5, 5.41) is 19.1. The van der Waals surface area contributed by atoms with Gasteiger partial charge in [-0.3, -0.25) is 9.59 Å². The van der Waals surface area contributed by atoms with Gasteiger partial charge < -0.3 is 15.7 Å². The van der Waals surface area contributed by atoms with E-state index in [-0.39, 0.29) is 22.9 Å². The highest BCUT2D eigenvalue weighted by Crippen LogP contribution is 2.36. The highest BCUT2D eigenvalue weighted by molar-refractivity contribution is 6.06. The Hall–Kier alpha value is -2.97. The quantitative estimate of drug-likeness (QED) is 0.760. The van der Waals surface area contributed by atoms with Crippen molar-refractivity contribution in [3.05, 3.63) is 34.9 Å². The molecule has 0 spiro atoms. The molecule has 0 atom stereocenters. The summed E-state index contributed by atoms with van der Waals surface area (Å²) in [6.45, 7) is 7.31. The molecule has 27 heavy (non-hydrogen) atoms. The topological polar surface area (TPSA) is 96.2 Å². The molecule has 144 valence electrons. The molecule has 7 nitrogen and oxygen atoms in total. The van der Waals surface area contributed by atoms with E-state index < -0.39 is 41.2 Å². The number of carbonyl (C=O) groups excluding carboxylic acids is 1. The monoisotopic (exact) mass is 378 g/mol. The van der Waals surface area contributed by atoms with Gasteiger partial charge in [0, 0.05) is 17.2 Å². The van der Waals surface area contributed by atoms with Crippen molar-refractivity contribution >= 4 is 17.7 Å². The number of fused-ring (bicyclic) bond motifs is 1. The maximum atomic E-state index is 14.3. The second-order valence-corrected chi connectivity index (χ2v) is 7.30. The Morgan fingerprint density at radius 1 is 1.26 bits per heavy atom. The van der Waals surface area contributed by atoms with Crippen molar-refractivity contribution in [2.24, 2.45) is 0 Å². The van der Waals surface area contributed by atoms with Crippen molar-refractivity contribution in [2.45, 2.75) is 45.8 Å². The maximum Gasteiger partial charge on any atom is 0.308 e. The van der Waals surface area contributed by atoms with Crippen molar-refractivity contribution in [3.63, 3.8) is 0 Å². The molecular formula is C18H20F2N4O3. The number of aromatic nitrogens is 2. The lowest BCUT2D eigenvalue weighted by atomic mass is 10.0. The molecule has 0 fully saturated rings. The van der Waals surface area contributed by atoms with E-state index in [9.17, 15) is 18.4 Å². The fourth-order valence-corrected chi connectivity index (χ4v) is 3.08. The molecule has 0 aliphatic carbocycles. The van der Waals surface area contributed by atoms with Crippen molar-refractivity contribution < 1.29 is 23.5 Å². The molecule has 1 amide bonds. The summed E-state index contributed by atoms with van der Waals surface area (Å²) in [4.78, 5) is 23.4. The van der Waals surface area contributed by atoms with Crippen LogP contribution in [0.4, 0.5) is 14.6 Å². The average Bonchev–Trinajstić information content (AvgIpc) is 2.88. The summed E-state index contributed by atoms with van der Waals surface area (Å²) in [5.41, 5.74) is -0.874. The van der Waals surface area contributed by atoms with Crippen LogP contribution in [0.3, 0.4) is 0 Å². The summed E-state index contributed by atoms with van der Waals surface area (Å²) in [5.74, 6) is -3.28. The van der Waals surface area contributed by atoms with Crippen molar-refractivity contribution in [1.29, 1.82) is 0 Å². The highest BCUT2D eigenvalue weighted by atomic mass is 19.1. The predicted octanol–water partition coefficient (Wildman–Crippen LogP) is 2.93. The molecule has 1 aromatic carbocycles. The van der Waals surface area contributed by atoms with Crippen LogP contribution < -0.4 is 10.6 Å². The number of benzene rings is 1. The number of aliphatic carboxylic acids is 1. The first-order valence-corrected chi connectivity index (χ1v) is 8.43. The Morgan fingerprint density at radius 2 is 1.85 bits per heavy atom. The SMILES string of the molecule is CC(C)n1nc(-c2cc(F)c(CC(=O)O)c(F)c2)c2c1NC(C)(C)NC2=O. The third-order valence-corrected chi connectivity index (χ3v) is 4.23. The van der Waals surface area contributed by atoms with Gasteiger partial charge in [0.25, 0.3) is 5.91 Å². The van der Waals surface area contributed by atoms with Gasteiger partial charge in [0.2, 0.25) is 0 Å². The minimum absolute atomic E-state index is 0.0615. The first-order valence-electron chi connectivity index (χ1n) is 8.43. The maximum absolute atomic E-state index is 14.3. The van der Waals surface area contributed by atoms with Gasteiger partial charge in [-0.15, -0.1) is 0 Å². The van der Waals surface area contributed by atoms with Crippen LogP contribution in [0.25, 0.3) is 11.3 Å². The minimum atomic E-state index is -1.34. The Balaban J connectivity index is 2.19. The van der Waals surface area contributed by atoms with E-state index >= 15 is 0 Å². The van der Waals surface area contributed by atoms with Crippen LogP contribution in [0.2, 0.25) is 0 Å². The zero-order valence-electron chi connectivity index (χ0n) is 15.4. The minimum Gasteiger partial charge on any atom is -0.481 e. The number of anilines is 1. The van der Waals surface area contributed by atoms with Crippen molar-refractivity contribution in [2.75, 3.05) is 5.32 Å². The van der Waals surface area contributed by atoms with E-state index in [1.807, 2.05) is 13.8 Å². The number of hydrogen-bond donors (Lipinski definition) is 3. The molecule has 0 unspecified atom stereocenters. The van der Waals surface area contributed by atoms with E-state index in [0.717, 1.165) is 12.1 Å². The Labute approximate surface area is 154 Å². The number of rotatable bonds is 4. The Kier molecular flexibility index (Phi) is 4.41. The van der Waals surface area contributed by atoms with Gasteiger partial charge in [0.1, 0.15) is 34.4 Å². The number of carbonyl (C=O) groups is 2. The van der Waals surface area contributed by atoms with Crippen molar-refractivity contribution in [1.82, 2.24) is 15.1 Å². The molecule has 3 rings (SSSR count). The molecule has 1 aliphatic rings. The molecule has 0 saturated carbocycles. The van der Waals surface area contributed by atoms with Gasteiger partial charge in [-0.2, -0.15) is 5.10 Å². The second kappa shape index (κ2) is 6.33. The van der Waals surface area contributed by atoms with E-state index in [4.69, 9.17) is 5.11 Å². The summed E-state index contributed by atoms with van der Waals surface area (Å²) in [6.07, 6.45) is -0.771. The fraction of sp³-hybridized carbons (Fsp3) is 0.389. The number of halogens is 2. The lowest BCUT2D eigenvalue weighted by molar-refractivity contribution is -0.136. The fourth-order valence-electron chi connectivity index (χ4n) is 3.08. The van der Waals surface area contributed by atoms with Gasteiger partial charge in [0.15, 0.2) is 0 Å². The van der Waals surface area contributed by atoms with Gasteiger partial charge in [-0.1, -0.05) is 0 Å². The van der Waals surface area contributed by atoms with Crippen LogP contribution >= 0.6 is 0 Å². The van der Waals surface area contributed by atoms with Crippen molar-refractivity contribution in [3.8, 4) is 11.3 Å². The molecule has 1 aromatic heterocycles. The third kappa shape index (κ3) is 3.36. The molecule has 0 saturated heterocycles. The largest absolute Gasteiger partial charge is 0.481 e. The van der Waals surface area contributed by atoms with Gasteiger partial charge >= 0.3 is 5.97 Å². The molecule has 0 bridgehead atoms. The molecule has 2 aromatic rings. The summed E-state index contributed by atoms with van der Waals surface area (Å²) < 4.78 is 30.2. The lowest BCUT2D eigenvalue weighted by Crippen LogP contribution is -2.53. The van der Waals surface area contributed by atoms with Crippen LogP contribution in [-0.4, -0.2) is 32.4 Å². The lowest BCUT2D eigenvalue weighted by Gasteiger charge is -2.33. The van der Waals surface area contributed by atoms with Crippen LogP contribution in [0, 0.1) is 11.6 Å². The van der Waals surface area contributed by atoms with Gasteiger partial charge in [0.05, 0.1) is 6.42 Å². The molecular weight excluding hydrogens is 358 g/mol. The number of nitrogens with zero attached hydrogens (tertiary/aromatic N) is 2. The van der Waals surface area contributed by atoms with E-state index in [1.54, 1.807) is 18.5 Å². The molecule has 2 heterocycles. The zero-order chi connectivity index (χ0) is 20.1.